The maximum atomic E-state index is 13.9. The van der Waals surface area contributed by atoms with Gasteiger partial charge in [-0.3, -0.25) is 14.4 Å². The molecule has 2 heterocycles. The van der Waals surface area contributed by atoms with Crippen LogP contribution in [0.4, 0.5) is 0 Å². The molecule has 3 aromatic carbocycles. The number of carbonyl (C=O) groups is 3. The largest absolute Gasteiger partial charge is 0.454 e. The first-order valence-electron chi connectivity index (χ1n) is 13.8. The third-order valence-electron chi connectivity index (χ3n) is 7.68. The van der Waals surface area contributed by atoms with Crippen LogP contribution in [0.15, 0.2) is 72.8 Å². The second kappa shape index (κ2) is 12.5. The van der Waals surface area contributed by atoms with Crippen molar-refractivity contribution in [1.29, 1.82) is 0 Å². The van der Waals surface area contributed by atoms with Gasteiger partial charge < -0.3 is 30.1 Å². The Kier molecular flexibility index (Phi) is 8.74. The van der Waals surface area contributed by atoms with E-state index in [1.54, 1.807) is 18.2 Å². The van der Waals surface area contributed by atoms with Crippen molar-refractivity contribution >= 4 is 29.5 Å². The van der Waals surface area contributed by atoms with Crippen LogP contribution in [0.2, 0.25) is 0 Å². The SMILES string of the molecule is Cc1ccccc1CNC(=O)[C@H]1N(C(=O)[C@@H](O)[C@H](Cc2ccccc2)NC(=O)c2ccc3c(c2)OCO3)CSC1(C)C. The van der Waals surface area contributed by atoms with Crippen LogP contribution in [0.25, 0.3) is 0 Å². The van der Waals surface area contributed by atoms with Gasteiger partial charge in [-0.05, 0) is 62.1 Å². The average Bonchev–Trinajstić information content (AvgIpc) is 3.59. The Morgan fingerprint density at radius 3 is 2.50 bits per heavy atom. The number of carbonyl (C=O) groups excluding carboxylic acids is 3. The lowest BCUT2D eigenvalue weighted by atomic mass is 9.96. The van der Waals surface area contributed by atoms with Gasteiger partial charge in [0, 0.05) is 16.9 Å². The molecular weight excluding hydrogens is 554 g/mol. The first-order chi connectivity index (χ1) is 20.1. The summed E-state index contributed by atoms with van der Waals surface area (Å²) in [4.78, 5) is 42.1. The van der Waals surface area contributed by atoms with Crippen molar-refractivity contribution in [1.82, 2.24) is 15.5 Å². The van der Waals surface area contributed by atoms with Gasteiger partial charge in [-0.25, -0.2) is 0 Å². The number of fused-ring (bicyclic) bond motifs is 1. The van der Waals surface area contributed by atoms with Gasteiger partial charge in [0.2, 0.25) is 12.7 Å². The summed E-state index contributed by atoms with van der Waals surface area (Å²) in [6, 6.07) is 20.2. The Morgan fingerprint density at radius 2 is 1.74 bits per heavy atom. The minimum absolute atomic E-state index is 0.0775. The van der Waals surface area contributed by atoms with E-state index in [0.717, 1.165) is 16.7 Å². The molecular formula is C32H35N3O6S. The number of rotatable bonds is 9. The predicted molar refractivity (Wildman–Crippen MR) is 160 cm³/mol. The van der Waals surface area contributed by atoms with Crippen LogP contribution in [-0.4, -0.2) is 63.3 Å². The molecule has 2 aliphatic rings. The molecule has 0 saturated carbocycles. The van der Waals surface area contributed by atoms with Crippen LogP contribution >= 0.6 is 11.8 Å². The number of aliphatic hydroxyl groups excluding tert-OH is 1. The van der Waals surface area contributed by atoms with E-state index in [-0.39, 0.29) is 25.0 Å². The van der Waals surface area contributed by atoms with E-state index in [4.69, 9.17) is 9.47 Å². The molecule has 0 radical (unpaired) electrons. The molecule has 0 aromatic heterocycles. The summed E-state index contributed by atoms with van der Waals surface area (Å²) >= 11 is 1.47. The van der Waals surface area contributed by atoms with Crippen LogP contribution in [0, 0.1) is 6.92 Å². The summed E-state index contributed by atoms with van der Waals surface area (Å²) in [7, 11) is 0. The number of benzene rings is 3. The summed E-state index contributed by atoms with van der Waals surface area (Å²) in [6.45, 7) is 6.22. The molecule has 0 spiro atoms. The van der Waals surface area contributed by atoms with Crippen molar-refractivity contribution in [2.45, 2.75) is 56.7 Å². The maximum Gasteiger partial charge on any atom is 0.254 e. The molecule has 0 aliphatic carbocycles. The van der Waals surface area contributed by atoms with Gasteiger partial charge >= 0.3 is 0 Å². The van der Waals surface area contributed by atoms with E-state index >= 15 is 0 Å². The topological polar surface area (TPSA) is 117 Å². The van der Waals surface area contributed by atoms with Crippen LogP contribution in [0.1, 0.15) is 40.9 Å². The summed E-state index contributed by atoms with van der Waals surface area (Å²) < 4.78 is 10.1. The molecule has 42 heavy (non-hydrogen) atoms. The predicted octanol–water partition coefficient (Wildman–Crippen LogP) is 3.42. The minimum Gasteiger partial charge on any atom is -0.454 e. The maximum absolute atomic E-state index is 13.9. The monoisotopic (exact) mass is 589 g/mol. The Hall–Kier alpha value is -4.02. The zero-order valence-electron chi connectivity index (χ0n) is 23.8. The van der Waals surface area contributed by atoms with Gasteiger partial charge in [-0.2, -0.15) is 0 Å². The summed E-state index contributed by atoms with van der Waals surface area (Å²) in [6.07, 6.45) is -1.39. The summed E-state index contributed by atoms with van der Waals surface area (Å²) in [5, 5.41) is 17.3. The van der Waals surface area contributed by atoms with E-state index in [2.05, 4.69) is 10.6 Å². The number of ether oxygens (including phenoxy) is 2. The lowest BCUT2D eigenvalue weighted by molar-refractivity contribution is -0.147. The quantitative estimate of drug-likeness (QED) is 0.350. The van der Waals surface area contributed by atoms with E-state index in [0.29, 0.717) is 23.6 Å². The summed E-state index contributed by atoms with van der Waals surface area (Å²) in [5.74, 6) is -0.142. The van der Waals surface area contributed by atoms with Gasteiger partial charge in [-0.15, -0.1) is 11.8 Å². The van der Waals surface area contributed by atoms with E-state index in [1.807, 2.05) is 75.4 Å². The van der Waals surface area contributed by atoms with E-state index < -0.39 is 34.7 Å². The van der Waals surface area contributed by atoms with Crippen LogP contribution in [-0.2, 0) is 22.6 Å². The van der Waals surface area contributed by atoms with Gasteiger partial charge in [-0.1, -0.05) is 54.6 Å². The number of nitrogens with zero attached hydrogens (tertiary/aromatic N) is 1. The lowest BCUT2D eigenvalue weighted by Crippen LogP contribution is -2.58. The van der Waals surface area contributed by atoms with Gasteiger partial charge in [0.25, 0.3) is 11.8 Å². The molecule has 1 fully saturated rings. The number of nitrogens with one attached hydrogen (secondary N) is 2. The number of amides is 3. The second-order valence-electron chi connectivity index (χ2n) is 11.0. The van der Waals surface area contributed by atoms with E-state index in [9.17, 15) is 19.5 Å². The highest BCUT2D eigenvalue weighted by Crippen LogP contribution is 2.40. The molecule has 5 rings (SSSR count). The van der Waals surface area contributed by atoms with Gasteiger partial charge in [0.1, 0.15) is 6.04 Å². The van der Waals surface area contributed by atoms with Crippen molar-refractivity contribution in [2.75, 3.05) is 12.7 Å². The van der Waals surface area contributed by atoms with Crippen molar-refractivity contribution < 1.29 is 29.0 Å². The Bertz CT molecular complexity index is 1460. The highest BCUT2D eigenvalue weighted by molar-refractivity contribution is 8.00. The summed E-state index contributed by atoms with van der Waals surface area (Å²) in [5.41, 5.74) is 3.19. The fraction of sp³-hybridized carbons (Fsp3) is 0.344. The molecule has 3 aromatic rings. The number of thioether (sulfide) groups is 1. The smallest absolute Gasteiger partial charge is 0.254 e. The normalized spacial score (nSPS) is 18.3. The molecule has 9 nitrogen and oxygen atoms in total. The average molecular weight is 590 g/mol. The fourth-order valence-corrected chi connectivity index (χ4v) is 6.38. The highest BCUT2D eigenvalue weighted by atomic mass is 32.2. The van der Waals surface area contributed by atoms with Crippen molar-refractivity contribution in [2.24, 2.45) is 0 Å². The zero-order valence-corrected chi connectivity index (χ0v) is 24.6. The first-order valence-corrected chi connectivity index (χ1v) is 14.8. The van der Waals surface area contributed by atoms with Crippen molar-refractivity contribution in [3.05, 3.63) is 95.1 Å². The van der Waals surface area contributed by atoms with Gasteiger partial charge in [0.15, 0.2) is 17.6 Å². The molecule has 3 amide bonds. The molecule has 2 aliphatic heterocycles. The Balaban J connectivity index is 1.35. The van der Waals surface area contributed by atoms with Gasteiger partial charge in [0.05, 0.1) is 11.9 Å². The van der Waals surface area contributed by atoms with Crippen LogP contribution < -0.4 is 20.1 Å². The molecule has 3 atom stereocenters. The second-order valence-corrected chi connectivity index (χ2v) is 12.6. The molecule has 0 unspecified atom stereocenters. The van der Waals surface area contributed by atoms with Crippen LogP contribution in [0.5, 0.6) is 11.5 Å². The molecule has 1 saturated heterocycles. The van der Waals surface area contributed by atoms with Crippen LogP contribution in [0.3, 0.4) is 0 Å². The third-order valence-corrected chi connectivity index (χ3v) is 9.05. The number of hydrogen-bond donors (Lipinski definition) is 3. The first kappa shape index (κ1) is 29.5. The third kappa shape index (κ3) is 6.39. The Labute approximate surface area is 249 Å². The van der Waals surface area contributed by atoms with Crippen molar-refractivity contribution in [3.63, 3.8) is 0 Å². The Morgan fingerprint density at radius 1 is 1.02 bits per heavy atom. The molecule has 3 N–H and O–H groups in total. The van der Waals surface area contributed by atoms with Crippen molar-refractivity contribution in [3.8, 4) is 11.5 Å². The molecule has 10 heteroatoms. The zero-order chi connectivity index (χ0) is 29.9. The number of aliphatic hydroxyl groups is 1. The molecule has 220 valence electrons. The lowest BCUT2D eigenvalue weighted by Gasteiger charge is -2.33. The fourth-order valence-electron chi connectivity index (χ4n) is 5.24. The number of aryl methyl sites for hydroxylation is 1. The molecule has 0 bridgehead atoms. The van der Waals surface area contributed by atoms with E-state index in [1.165, 1.54) is 16.7 Å². The number of hydrogen-bond acceptors (Lipinski definition) is 7. The standard InChI is InChI=1S/C32H35N3O6S/c1-20-9-7-8-12-23(20)17-33-30(38)28-32(2,3)42-18-35(28)31(39)27(36)24(15-21-10-5-4-6-11-21)34-29(37)22-13-14-25-26(16-22)41-19-40-25/h4-14,16,24,27-28,36H,15,17-19H2,1-3H3,(H,33,38)(H,34,37)/t24-,27-,28+/m0/s1. The minimum atomic E-state index is -1.59. The highest BCUT2D eigenvalue weighted by Gasteiger charge is 2.49.